The number of rotatable bonds is 8. The van der Waals surface area contributed by atoms with Crippen molar-refractivity contribution in [1.29, 1.82) is 0 Å². The van der Waals surface area contributed by atoms with Crippen molar-refractivity contribution in [3.05, 3.63) is 60.2 Å². The fourth-order valence-electron chi connectivity index (χ4n) is 3.80. The van der Waals surface area contributed by atoms with Crippen molar-refractivity contribution in [3.8, 4) is 5.75 Å². The summed E-state index contributed by atoms with van der Waals surface area (Å²) in [6, 6.07) is 18.6. The van der Waals surface area contributed by atoms with E-state index < -0.39 is 0 Å². The van der Waals surface area contributed by atoms with E-state index in [1.54, 1.807) is 7.11 Å². The van der Waals surface area contributed by atoms with Gasteiger partial charge in [0.05, 0.1) is 33.3 Å². The van der Waals surface area contributed by atoms with Crippen molar-refractivity contribution in [2.75, 3.05) is 51.3 Å². The van der Waals surface area contributed by atoms with E-state index in [1.807, 2.05) is 18.2 Å². The minimum atomic E-state index is 0.155. The van der Waals surface area contributed by atoms with Gasteiger partial charge in [-0.25, -0.2) is 0 Å². The second kappa shape index (κ2) is 10.1. The molecule has 0 unspecified atom stereocenters. The lowest BCUT2D eigenvalue weighted by molar-refractivity contribution is -0.892. The molecule has 1 amide bonds. The van der Waals surface area contributed by atoms with Gasteiger partial charge in [-0.3, -0.25) is 4.79 Å². The molecule has 28 heavy (non-hydrogen) atoms. The van der Waals surface area contributed by atoms with E-state index in [2.05, 4.69) is 53.5 Å². The summed E-state index contributed by atoms with van der Waals surface area (Å²) in [6.45, 7) is 7.34. The van der Waals surface area contributed by atoms with Crippen molar-refractivity contribution >= 4 is 11.6 Å². The largest absolute Gasteiger partial charge is 0.497 e. The van der Waals surface area contributed by atoms with E-state index in [-0.39, 0.29) is 5.91 Å². The van der Waals surface area contributed by atoms with Crippen molar-refractivity contribution in [3.63, 3.8) is 0 Å². The van der Waals surface area contributed by atoms with Gasteiger partial charge in [-0.15, -0.1) is 0 Å². The number of carbonyl (C=O) groups excluding carboxylic acids is 1. The Hall–Kier alpha value is -2.53. The van der Waals surface area contributed by atoms with Gasteiger partial charge < -0.3 is 19.9 Å². The van der Waals surface area contributed by atoms with Crippen LogP contribution >= 0.6 is 0 Å². The highest BCUT2D eigenvalue weighted by molar-refractivity contribution is 5.76. The van der Waals surface area contributed by atoms with Crippen molar-refractivity contribution in [1.82, 2.24) is 5.32 Å². The van der Waals surface area contributed by atoms with Crippen LogP contribution in [0.4, 0.5) is 5.69 Å². The molecule has 1 aliphatic heterocycles. The van der Waals surface area contributed by atoms with Gasteiger partial charge in [0.15, 0.2) is 6.54 Å². The number of quaternary nitrogens is 1. The number of nitrogens with zero attached hydrogens (tertiary/aromatic N) is 1. The van der Waals surface area contributed by atoms with Crippen LogP contribution in [0.15, 0.2) is 54.6 Å². The lowest BCUT2D eigenvalue weighted by atomic mass is 9.96. The summed E-state index contributed by atoms with van der Waals surface area (Å²) >= 11 is 0. The molecule has 1 heterocycles. The average molecular weight is 383 g/mol. The van der Waals surface area contributed by atoms with Gasteiger partial charge in [-0.2, -0.15) is 0 Å². The molecule has 2 N–H and O–H groups in total. The molecule has 5 heteroatoms. The summed E-state index contributed by atoms with van der Waals surface area (Å²) in [5, 5.41) is 3.15. The SMILES string of the molecule is CC[C@@H](CNC(=O)C[NH+]1CCN(c2ccc(OC)cc2)CC1)c1ccccc1. The Morgan fingerprint density at radius 1 is 1.11 bits per heavy atom. The number of nitrogens with one attached hydrogen (secondary N) is 2. The van der Waals surface area contributed by atoms with Gasteiger partial charge in [0.2, 0.25) is 0 Å². The van der Waals surface area contributed by atoms with Crippen LogP contribution in [0.25, 0.3) is 0 Å². The fourth-order valence-corrected chi connectivity index (χ4v) is 3.80. The second-order valence-electron chi connectivity index (χ2n) is 7.43. The van der Waals surface area contributed by atoms with Crippen LogP contribution < -0.4 is 19.9 Å². The third-order valence-electron chi connectivity index (χ3n) is 5.63. The van der Waals surface area contributed by atoms with Gasteiger partial charge in [0.1, 0.15) is 5.75 Å². The smallest absolute Gasteiger partial charge is 0.275 e. The quantitative estimate of drug-likeness (QED) is 0.731. The second-order valence-corrected chi connectivity index (χ2v) is 7.43. The lowest BCUT2D eigenvalue weighted by Crippen LogP contribution is -3.16. The molecule has 2 aromatic rings. The first-order valence-electron chi connectivity index (χ1n) is 10.2. The third-order valence-corrected chi connectivity index (χ3v) is 5.63. The first-order valence-corrected chi connectivity index (χ1v) is 10.2. The number of hydrogen-bond donors (Lipinski definition) is 2. The normalized spacial score (nSPS) is 15.9. The summed E-state index contributed by atoms with van der Waals surface area (Å²) in [5.41, 5.74) is 2.52. The van der Waals surface area contributed by atoms with E-state index in [0.717, 1.165) is 38.3 Å². The Kier molecular flexibility index (Phi) is 7.31. The summed E-state index contributed by atoms with van der Waals surface area (Å²) < 4.78 is 5.23. The molecular formula is C23H32N3O2+. The van der Waals surface area contributed by atoms with Crippen LogP contribution in [0, 0.1) is 0 Å². The molecule has 0 bridgehead atoms. The van der Waals surface area contributed by atoms with Crippen molar-refractivity contribution in [2.24, 2.45) is 0 Å². The zero-order chi connectivity index (χ0) is 19.8. The summed E-state index contributed by atoms with van der Waals surface area (Å²) in [7, 11) is 1.69. The minimum absolute atomic E-state index is 0.155. The Morgan fingerprint density at radius 2 is 1.79 bits per heavy atom. The summed E-state index contributed by atoms with van der Waals surface area (Å²) in [5.74, 6) is 1.42. The van der Waals surface area contributed by atoms with E-state index in [4.69, 9.17) is 4.74 Å². The van der Waals surface area contributed by atoms with E-state index in [0.29, 0.717) is 19.0 Å². The number of hydrogen-bond acceptors (Lipinski definition) is 3. The van der Waals surface area contributed by atoms with Gasteiger partial charge in [0.25, 0.3) is 5.91 Å². The maximum absolute atomic E-state index is 12.4. The molecule has 1 fully saturated rings. The number of methoxy groups -OCH3 is 1. The highest BCUT2D eigenvalue weighted by atomic mass is 16.5. The van der Waals surface area contributed by atoms with Crippen LogP contribution in [0.3, 0.4) is 0 Å². The number of anilines is 1. The summed E-state index contributed by atoms with van der Waals surface area (Å²) in [6.07, 6.45) is 1.03. The Bertz CT molecular complexity index is 725. The zero-order valence-electron chi connectivity index (χ0n) is 17.0. The van der Waals surface area contributed by atoms with Gasteiger partial charge in [0, 0.05) is 18.2 Å². The molecule has 0 saturated carbocycles. The van der Waals surface area contributed by atoms with E-state index >= 15 is 0 Å². The topological polar surface area (TPSA) is 46.0 Å². The zero-order valence-corrected chi connectivity index (χ0v) is 17.0. The molecule has 150 valence electrons. The number of carbonyl (C=O) groups is 1. The van der Waals surface area contributed by atoms with Crippen LogP contribution in [0.1, 0.15) is 24.8 Å². The van der Waals surface area contributed by atoms with Gasteiger partial charge >= 0.3 is 0 Å². The van der Waals surface area contributed by atoms with E-state index in [9.17, 15) is 4.79 Å². The number of amides is 1. The molecule has 3 rings (SSSR count). The van der Waals surface area contributed by atoms with E-state index in [1.165, 1.54) is 16.2 Å². The molecule has 2 aromatic carbocycles. The first kappa shape index (κ1) is 20.2. The van der Waals surface area contributed by atoms with Crippen LogP contribution in [0.2, 0.25) is 0 Å². The highest BCUT2D eigenvalue weighted by Gasteiger charge is 2.22. The predicted molar refractivity (Wildman–Crippen MR) is 113 cm³/mol. The lowest BCUT2D eigenvalue weighted by Gasteiger charge is -2.33. The maximum atomic E-state index is 12.4. The predicted octanol–water partition coefficient (Wildman–Crippen LogP) is 1.71. The van der Waals surface area contributed by atoms with Gasteiger partial charge in [-0.1, -0.05) is 37.3 Å². The standard InChI is InChI=1S/C23H31N3O2/c1-3-19(20-7-5-4-6-8-20)17-24-23(27)18-25-13-15-26(16-14-25)21-9-11-22(28-2)12-10-21/h4-12,19H,3,13-18H2,1-2H3,(H,24,27)/p+1/t19-/m0/s1. The highest BCUT2D eigenvalue weighted by Crippen LogP contribution is 2.19. The Morgan fingerprint density at radius 3 is 2.39 bits per heavy atom. The molecule has 5 nitrogen and oxygen atoms in total. The molecule has 1 aliphatic rings. The number of piperazine rings is 1. The molecule has 1 saturated heterocycles. The van der Waals surface area contributed by atoms with Crippen LogP contribution in [-0.2, 0) is 4.79 Å². The van der Waals surface area contributed by atoms with Crippen LogP contribution in [0.5, 0.6) is 5.75 Å². The number of benzene rings is 2. The molecule has 0 radical (unpaired) electrons. The average Bonchev–Trinajstić information content (AvgIpc) is 2.75. The minimum Gasteiger partial charge on any atom is -0.497 e. The monoisotopic (exact) mass is 382 g/mol. The molecule has 1 atom stereocenters. The molecular weight excluding hydrogens is 350 g/mol. The molecule has 0 aromatic heterocycles. The van der Waals surface area contributed by atoms with Crippen molar-refractivity contribution < 1.29 is 14.4 Å². The summed E-state index contributed by atoms with van der Waals surface area (Å²) in [4.78, 5) is 16.2. The van der Waals surface area contributed by atoms with Gasteiger partial charge in [-0.05, 0) is 36.2 Å². The Labute approximate surface area is 168 Å². The molecule has 0 aliphatic carbocycles. The third kappa shape index (κ3) is 5.49. The van der Waals surface area contributed by atoms with Crippen molar-refractivity contribution in [2.45, 2.75) is 19.3 Å². The van der Waals surface area contributed by atoms with Crippen LogP contribution in [-0.4, -0.2) is 52.3 Å². The first-order chi connectivity index (χ1) is 13.7. The fraction of sp³-hybridized carbons (Fsp3) is 0.435. The number of ether oxygens (including phenoxy) is 1. The molecule has 0 spiro atoms. The maximum Gasteiger partial charge on any atom is 0.275 e. The Balaban J connectivity index is 1.42.